The van der Waals surface area contributed by atoms with Gasteiger partial charge in [-0.25, -0.2) is 9.79 Å². The molecular weight excluding hydrogens is 194 g/mol. The molecule has 0 saturated heterocycles. The quantitative estimate of drug-likeness (QED) is 0.450. The summed E-state index contributed by atoms with van der Waals surface area (Å²) in [6.45, 7) is 0. The number of carbonyl (C=O) groups is 1. The van der Waals surface area contributed by atoms with Crippen LogP contribution in [0, 0.1) is 0 Å². The van der Waals surface area contributed by atoms with Crippen LogP contribution in [0.5, 0.6) is 5.75 Å². The van der Waals surface area contributed by atoms with E-state index in [0.29, 0.717) is 16.3 Å². The van der Waals surface area contributed by atoms with Gasteiger partial charge >= 0.3 is 0 Å². The van der Waals surface area contributed by atoms with Crippen LogP contribution in [0.3, 0.4) is 0 Å². The first-order valence-electron chi connectivity index (χ1n) is 4.28. The highest BCUT2D eigenvalue weighted by Crippen LogP contribution is 2.04. The molecule has 0 bridgehead atoms. The van der Waals surface area contributed by atoms with Crippen molar-refractivity contribution in [2.75, 3.05) is 7.11 Å². The Morgan fingerprint density at radius 1 is 1.40 bits per heavy atom. The number of fused-ring (bicyclic) bond motifs is 1. The van der Waals surface area contributed by atoms with Gasteiger partial charge in [0.05, 0.1) is 12.5 Å². The molecule has 0 radical (unpaired) electrons. The van der Waals surface area contributed by atoms with E-state index < -0.39 is 5.91 Å². The number of amides is 1. The maximum Gasteiger partial charge on any atom is 0.288 e. The minimum atomic E-state index is -0.553. The standard InChI is InChI=1S/C11H7NO3/c1-15-9-2-3-10-7(5-9)4-8(6-13)11(14)12-10/h2-5H,1H3. The average Bonchev–Trinajstić information content (AvgIpc) is 2.27. The Kier molecular flexibility index (Phi) is 2.20. The monoisotopic (exact) mass is 201 g/mol. The second-order valence-corrected chi connectivity index (χ2v) is 3.00. The largest absolute Gasteiger partial charge is 0.497 e. The smallest absolute Gasteiger partial charge is 0.288 e. The third-order valence-electron chi connectivity index (χ3n) is 2.10. The predicted octanol–water partition coefficient (Wildman–Crippen LogP) is -0.607. The van der Waals surface area contributed by atoms with Crippen LogP contribution in [-0.4, -0.2) is 19.0 Å². The van der Waals surface area contributed by atoms with Crippen LogP contribution in [0.4, 0.5) is 0 Å². The van der Waals surface area contributed by atoms with Crippen LogP contribution >= 0.6 is 0 Å². The summed E-state index contributed by atoms with van der Waals surface area (Å²) in [7, 11) is 1.54. The number of hydrogen-bond acceptors (Lipinski definition) is 3. The molecular formula is C11H7NO3. The molecule has 4 heteroatoms. The summed E-state index contributed by atoms with van der Waals surface area (Å²) in [5.41, 5.74) is -0.0595. The maximum absolute atomic E-state index is 11.2. The van der Waals surface area contributed by atoms with E-state index in [4.69, 9.17) is 4.74 Å². The fourth-order valence-corrected chi connectivity index (χ4v) is 1.34. The zero-order valence-corrected chi connectivity index (χ0v) is 7.98. The van der Waals surface area contributed by atoms with E-state index in [2.05, 4.69) is 4.99 Å². The number of carbonyl (C=O) groups excluding carboxylic acids is 2. The Morgan fingerprint density at radius 3 is 2.87 bits per heavy atom. The third-order valence-corrected chi connectivity index (χ3v) is 2.10. The van der Waals surface area contributed by atoms with Crippen molar-refractivity contribution in [1.29, 1.82) is 0 Å². The summed E-state index contributed by atoms with van der Waals surface area (Å²) in [6.07, 6.45) is 1.46. The molecule has 0 aromatic heterocycles. The van der Waals surface area contributed by atoms with Crippen LogP contribution in [0.15, 0.2) is 28.8 Å². The summed E-state index contributed by atoms with van der Waals surface area (Å²) in [4.78, 5) is 25.4. The van der Waals surface area contributed by atoms with Crippen LogP contribution in [0.2, 0.25) is 0 Å². The normalized spacial score (nSPS) is 13.4. The molecule has 0 N–H and O–H groups in total. The number of rotatable bonds is 1. The van der Waals surface area contributed by atoms with E-state index in [9.17, 15) is 9.59 Å². The molecule has 0 saturated carbocycles. The third kappa shape index (κ3) is 1.58. The molecule has 1 heterocycles. The molecule has 0 spiro atoms. The van der Waals surface area contributed by atoms with Crippen molar-refractivity contribution in [3.05, 3.63) is 34.3 Å². The van der Waals surface area contributed by atoms with Gasteiger partial charge in [0.2, 0.25) is 0 Å². The summed E-state index contributed by atoms with van der Waals surface area (Å²) in [5, 5.41) is 1.23. The molecule has 2 rings (SSSR count). The lowest BCUT2D eigenvalue weighted by molar-refractivity contribution is -0.114. The summed E-state index contributed by atoms with van der Waals surface area (Å²) in [5.74, 6) is 1.66. The Morgan fingerprint density at radius 2 is 2.20 bits per heavy atom. The highest BCUT2D eigenvalue weighted by Gasteiger charge is 2.10. The summed E-state index contributed by atoms with van der Waals surface area (Å²) < 4.78 is 5.02. The molecule has 1 aliphatic heterocycles. The zero-order chi connectivity index (χ0) is 10.8. The Hall–Kier alpha value is -2.19. The van der Waals surface area contributed by atoms with Gasteiger partial charge in [-0.1, -0.05) is 0 Å². The van der Waals surface area contributed by atoms with E-state index in [1.807, 2.05) is 0 Å². The number of methoxy groups -OCH3 is 1. The number of hydrogen-bond donors (Lipinski definition) is 0. The molecule has 0 atom stereocenters. The molecule has 0 fully saturated rings. The second-order valence-electron chi connectivity index (χ2n) is 3.00. The molecule has 4 nitrogen and oxygen atoms in total. The maximum atomic E-state index is 11.2. The van der Waals surface area contributed by atoms with Crippen molar-refractivity contribution in [1.82, 2.24) is 0 Å². The lowest BCUT2D eigenvalue weighted by Crippen LogP contribution is -2.30. The highest BCUT2D eigenvalue weighted by molar-refractivity contribution is 6.09. The Labute approximate surface area is 85.2 Å². The first-order chi connectivity index (χ1) is 7.24. The van der Waals surface area contributed by atoms with E-state index in [-0.39, 0.29) is 5.57 Å². The van der Waals surface area contributed by atoms with E-state index in [0.717, 1.165) is 0 Å². The minimum absolute atomic E-state index is 0.0595. The number of nitrogens with zero attached hydrogens (tertiary/aromatic N) is 1. The predicted molar refractivity (Wildman–Crippen MR) is 52.5 cm³/mol. The number of benzene rings is 1. The molecule has 15 heavy (non-hydrogen) atoms. The van der Waals surface area contributed by atoms with E-state index in [1.54, 1.807) is 31.3 Å². The SMILES string of the molecule is COc1ccc2c(c1)=CC(=C=O)C(=O)N=2. The first kappa shape index (κ1) is 9.37. The van der Waals surface area contributed by atoms with E-state index >= 15 is 0 Å². The lowest BCUT2D eigenvalue weighted by Gasteiger charge is -2.02. The van der Waals surface area contributed by atoms with Crippen molar-refractivity contribution in [3.8, 4) is 5.75 Å². The van der Waals surface area contributed by atoms with Gasteiger partial charge in [0.1, 0.15) is 17.3 Å². The summed E-state index contributed by atoms with van der Waals surface area (Å²) >= 11 is 0. The van der Waals surface area contributed by atoms with Crippen molar-refractivity contribution >= 4 is 17.9 Å². The molecule has 1 aliphatic rings. The van der Waals surface area contributed by atoms with Gasteiger partial charge in [-0.2, -0.15) is 0 Å². The Balaban J connectivity index is 2.77. The minimum Gasteiger partial charge on any atom is -0.497 e. The van der Waals surface area contributed by atoms with Gasteiger partial charge in [-0.3, -0.25) is 4.79 Å². The van der Waals surface area contributed by atoms with Crippen LogP contribution in [0.1, 0.15) is 0 Å². The van der Waals surface area contributed by atoms with Crippen LogP contribution in [0.25, 0.3) is 6.08 Å². The first-order valence-corrected chi connectivity index (χ1v) is 4.28. The van der Waals surface area contributed by atoms with Crippen LogP contribution in [-0.2, 0) is 9.59 Å². The van der Waals surface area contributed by atoms with Gasteiger partial charge in [-0.05, 0) is 24.3 Å². The van der Waals surface area contributed by atoms with Gasteiger partial charge in [-0.15, -0.1) is 0 Å². The molecule has 0 aliphatic carbocycles. The van der Waals surface area contributed by atoms with Crippen molar-refractivity contribution in [3.63, 3.8) is 0 Å². The fourth-order valence-electron chi connectivity index (χ4n) is 1.34. The van der Waals surface area contributed by atoms with E-state index in [1.165, 1.54) is 6.08 Å². The highest BCUT2D eigenvalue weighted by atomic mass is 16.5. The molecule has 1 amide bonds. The van der Waals surface area contributed by atoms with Gasteiger partial charge < -0.3 is 4.74 Å². The van der Waals surface area contributed by atoms with Crippen molar-refractivity contribution in [2.24, 2.45) is 4.99 Å². The van der Waals surface area contributed by atoms with Gasteiger partial charge in [0.25, 0.3) is 5.91 Å². The second kappa shape index (κ2) is 3.52. The molecule has 74 valence electrons. The Bertz CT molecular complexity index is 595. The zero-order valence-electron chi connectivity index (χ0n) is 7.98. The molecule has 1 aromatic carbocycles. The van der Waals surface area contributed by atoms with Crippen molar-refractivity contribution < 1.29 is 14.3 Å². The van der Waals surface area contributed by atoms with Gasteiger partial charge in [0, 0.05) is 5.22 Å². The van der Waals surface area contributed by atoms with Gasteiger partial charge in [0.15, 0.2) is 0 Å². The fraction of sp³-hybridized carbons (Fsp3) is 0.0909. The number of ether oxygens (including phenoxy) is 1. The topological polar surface area (TPSA) is 55.7 Å². The lowest BCUT2D eigenvalue weighted by atomic mass is 10.1. The van der Waals surface area contributed by atoms with Crippen LogP contribution < -0.4 is 15.3 Å². The average molecular weight is 201 g/mol. The summed E-state index contributed by atoms with van der Waals surface area (Å²) in [6, 6.07) is 5.09. The molecule has 1 aromatic rings. The molecule has 0 unspecified atom stereocenters. The van der Waals surface area contributed by atoms with Crippen molar-refractivity contribution in [2.45, 2.75) is 0 Å².